The van der Waals surface area contributed by atoms with Gasteiger partial charge >= 0.3 is 5.97 Å². The number of aromatic carboxylic acids is 1. The van der Waals surface area contributed by atoms with Crippen molar-refractivity contribution in [3.8, 4) is 0 Å². The van der Waals surface area contributed by atoms with Crippen LogP contribution < -0.4 is 0 Å². The van der Waals surface area contributed by atoms with Gasteiger partial charge in [-0.3, -0.25) is 0 Å². The van der Waals surface area contributed by atoms with Gasteiger partial charge in [0.2, 0.25) is 0 Å². The molecule has 1 aliphatic carbocycles. The van der Waals surface area contributed by atoms with Crippen molar-refractivity contribution in [1.29, 1.82) is 0 Å². The van der Waals surface area contributed by atoms with Gasteiger partial charge < -0.3 is 10.2 Å². The predicted octanol–water partition coefficient (Wildman–Crippen LogP) is 5.73. The summed E-state index contributed by atoms with van der Waals surface area (Å²) in [6, 6.07) is 3.60. The van der Waals surface area contributed by atoms with Gasteiger partial charge in [-0.1, -0.05) is 39.0 Å². The molecule has 0 spiro atoms. The van der Waals surface area contributed by atoms with Gasteiger partial charge in [0.15, 0.2) is 0 Å². The van der Waals surface area contributed by atoms with Crippen molar-refractivity contribution < 1.29 is 15.0 Å². The van der Waals surface area contributed by atoms with Crippen molar-refractivity contribution >= 4 is 28.9 Å². The number of alkyl halides is 1. The molecule has 25 heavy (non-hydrogen) atoms. The molecule has 0 bridgehead atoms. The summed E-state index contributed by atoms with van der Waals surface area (Å²) >= 11 is 7.89. The van der Waals surface area contributed by atoms with Crippen molar-refractivity contribution in [3.05, 3.63) is 21.9 Å². The third-order valence-corrected chi connectivity index (χ3v) is 7.08. The minimum Gasteiger partial charge on any atom is -0.477 e. The second-order valence-corrected chi connectivity index (χ2v) is 9.04. The van der Waals surface area contributed by atoms with E-state index in [1.807, 2.05) is 6.07 Å². The monoisotopic (exact) mass is 386 g/mol. The van der Waals surface area contributed by atoms with E-state index in [9.17, 15) is 9.90 Å². The zero-order valence-electron chi connectivity index (χ0n) is 15.1. The number of thiophene rings is 1. The van der Waals surface area contributed by atoms with Crippen molar-refractivity contribution in [2.45, 2.75) is 82.6 Å². The highest BCUT2D eigenvalue weighted by atomic mass is 35.5. The Balaban J connectivity index is 1.77. The quantitative estimate of drug-likeness (QED) is 0.377. The summed E-state index contributed by atoms with van der Waals surface area (Å²) in [5.41, 5.74) is 0. The van der Waals surface area contributed by atoms with Crippen LogP contribution in [-0.4, -0.2) is 27.7 Å². The first-order valence-corrected chi connectivity index (χ1v) is 10.9. The maximum absolute atomic E-state index is 11.0. The Bertz CT molecular complexity index is 531. The zero-order chi connectivity index (χ0) is 18.2. The van der Waals surface area contributed by atoms with Crippen LogP contribution in [0.25, 0.3) is 0 Å². The second-order valence-electron chi connectivity index (χ2n) is 7.31. The maximum atomic E-state index is 11.0. The molecule has 2 N–H and O–H groups in total. The van der Waals surface area contributed by atoms with Crippen LogP contribution in [0.15, 0.2) is 12.1 Å². The molecule has 2 rings (SSSR count). The fourth-order valence-electron chi connectivity index (χ4n) is 4.06. The SMILES string of the molecule is CCCCCCCC1C(O)CC(Cl)C1CCCc1ccc(C(=O)O)s1. The van der Waals surface area contributed by atoms with Gasteiger partial charge in [-0.25, -0.2) is 4.79 Å². The average molecular weight is 387 g/mol. The molecule has 3 nitrogen and oxygen atoms in total. The smallest absolute Gasteiger partial charge is 0.345 e. The fourth-order valence-corrected chi connectivity index (χ4v) is 5.44. The summed E-state index contributed by atoms with van der Waals surface area (Å²) < 4.78 is 0. The van der Waals surface area contributed by atoms with Gasteiger partial charge in [0, 0.05) is 10.3 Å². The molecule has 0 amide bonds. The van der Waals surface area contributed by atoms with Gasteiger partial charge in [0.25, 0.3) is 0 Å². The van der Waals surface area contributed by atoms with E-state index in [2.05, 4.69) is 6.92 Å². The summed E-state index contributed by atoms with van der Waals surface area (Å²) in [5.74, 6) is -0.122. The van der Waals surface area contributed by atoms with Crippen LogP contribution in [0.5, 0.6) is 0 Å². The fraction of sp³-hybridized carbons (Fsp3) is 0.750. The molecule has 4 atom stereocenters. The van der Waals surface area contributed by atoms with Crippen LogP contribution in [0.1, 0.15) is 79.3 Å². The molecule has 1 saturated carbocycles. The lowest BCUT2D eigenvalue weighted by atomic mass is 9.86. The Labute approximate surface area is 160 Å². The Morgan fingerprint density at radius 2 is 1.88 bits per heavy atom. The molecule has 0 radical (unpaired) electrons. The van der Waals surface area contributed by atoms with E-state index in [4.69, 9.17) is 16.7 Å². The summed E-state index contributed by atoms with van der Waals surface area (Å²) in [7, 11) is 0. The van der Waals surface area contributed by atoms with Crippen molar-refractivity contribution in [2.75, 3.05) is 0 Å². The standard InChI is InChI=1S/C20H31ClO3S/c1-2-3-4-5-6-9-16-15(17(21)13-18(16)22)10-7-8-14-11-12-19(25-14)20(23)24/h11-12,15-18,22H,2-10,13H2,1H3,(H,23,24). The third kappa shape index (κ3) is 6.26. The Hall–Kier alpha value is -0.580. The van der Waals surface area contributed by atoms with Gasteiger partial charge in [-0.05, 0) is 56.1 Å². The highest BCUT2D eigenvalue weighted by molar-refractivity contribution is 7.13. The minimum absolute atomic E-state index is 0.0774. The lowest BCUT2D eigenvalue weighted by Crippen LogP contribution is -2.21. The van der Waals surface area contributed by atoms with Gasteiger partial charge in [-0.2, -0.15) is 0 Å². The van der Waals surface area contributed by atoms with Crippen LogP contribution in [0, 0.1) is 11.8 Å². The van der Waals surface area contributed by atoms with Crippen LogP contribution in [0.3, 0.4) is 0 Å². The molecule has 1 aromatic rings. The molecule has 0 aromatic carbocycles. The van der Waals surface area contributed by atoms with E-state index < -0.39 is 5.97 Å². The van der Waals surface area contributed by atoms with Crippen molar-refractivity contribution in [3.63, 3.8) is 0 Å². The lowest BCUT2D eigenvalue weighted by molar-refractivity contribution is 0.0702. The van der Waals surface area contributed by atoms with Gasteiger partial charge in [-0.15, -0.1) is 22.9 Å². The molecule has 1 aliphatic rings. The van der Waals surface area contributed by atoms with Crippen molar-refractivity contribution in [2.24, 2.45) is 11.8 Å². The molecule has 0 aliphatic heterocycles. The van der Waals surface area contributed by atoms with Crippen LogP contribution >= 0.6 is 22.9 Å². The molecule has 0 saturated heterocycles. The molecule has 5 heteroatoms. The van der Waals surface area contributed by atoms with E-state index >= 15 is 0 Å². The van der Waals surface area contributed by atoms with Gasteiger partial charge in [0.05, 0.1) is 6.10 Å². The van der Waals surface area contributed by atoms with E-state index in [0.29, 0.717) is 23.1 Å². The number of hydrogen-bond acceptors (Lipinski definition) is 3. The largest absolute Gasteiger partial charge is 0.477 e. The van der Waals surface area contributed by atoms with Crippen LogP contribution in [0.4, 0.5) is 0 Å². The van der Waals surface area contributed by atoms with E-state index in [-0.39, 0.29) is 11.5 Å². The molecule has 1 heterocycles. The molecular formula is C20H31ClO3S. The van der Waals surface area contributed by atoms with Crippen LogP contribution in [-0.2, 0) is 6.42 Å². The topological polar surface area (TPSA) is 57.5 Å². The number of carbonyl (C=O) groups is 1. The summed E-state index contributed by atoms with van der Waals surface area (Å²) in [6.07, 6.45) is 10.8. The first-order valence-electron chi connectivity index (χ1n) is 9.67. The molecule has 1 aromatic heterocycles. The third-order valence-electron chi connectivity index (χ3n) is 5.45. The van der Waals surface area contributed by atoms with E-state index in [0.717, 1.165) is 30.6 Å². The number of carboxylic acids is 1. The summed E-state index contributed by atoms with van der Waals surface area (Å²) in [5, 5.41) is 19.4. The van der Waals surface area contributed by atoms with E-state index in [1.54, 1.807) is 6.07 Å². The highest BCUT2D eigenvalue weighted by Gasteiger charge is 2.40. The number of hydrogen-bond donors (Lipinski definition) is 2. The predicted molar refractivity (Wildman–Crippen MR) is 105 cm³/mol. The maximum Gasteiger partial charge on any atom is 0.345 e. The highest BCUT2D eigenvalue weighted by Crippen LogP contribution is 2.42. The normalized spacial score (nSPS) is 26.2. The van der Waals surface area contributed by atoms with Gasteiger partial charge in [0.1, 0.15) is 4.88 Å². The van der Waals surface area contributed by atoms with Crippen molar-refractivity contribution in [1.82, 2.24) is 0 Å². The number of rotatable bonds is 11. The zero-order valence-corrected chi connectivity index (χ0v) is 16.7. The molecule has 4 unspecified atom stereocenters. The lowest BCUT2D eigenvalue weighted by Gasteiger charge is -2.23. The number of aryl methyl sites for hydroxylation is 1. The second kappa shape index (κ2) is 10.5. The number of aliphatic hydroxyl groups excluding tert-OH is 1. The number of carboxylic acid groups (broad SMARTS) is 1. The Morgan fingerprint density at radius 3 is 2.56 bits per heavy atom. The first-order chi connectivity index (χ1) is 12.0. The summed E-state index contributed by atoms with van der Waals surface area (Å²) in [4.78, 5) is 12.5. The molecular weight excluding hydrogens is 356 g/mol. The summed E-state index contributed by atoms with van der Waals surface area (Å²) in [6.45, 7) is 2.22. The molecule has 142 valence electrons. The minimum atomic E-state index is -0.848. The average Bonchev–Trinajstić information content (AvgIpc) is 3.14. The number of aliphatic hydroxyl groups is 1. The first kappa shape index (κ1) is 20.7. The van der Waals surface area contributed by atoms with E-state index in [1.165, 1.54) is 43.4 Å². The number of unbranched alkanes of at least 4 members (excludes halogenated alkanes) is 4. The van der Waals surface area contributed by atoms with Crippen LogP contribution in [0.2, 0.25) is 0 Å². The molecule has 1 fully saturated rings. The Morgan fingerprint density at radius 1 is 1.16 bits per heavy atom. The number of halogens is 1. The Kier molecular flexibility index (Phi) is 8.74.